The summed E-state index contributed by atoms with van der Waals surface area (Å²) in [6.45, 7) is 0. The lowest BCUT2D eigenvalue weighted by atomic mass is 9.85. The molecular weight excluding hydrogens is 308 g/mol. The molecule has 0 bridgehead atoms. The van der Waals surface area contributed by atoms with Gasteiger partial charge in [0, 0.05) is 23.0 Å². The topological polar surface area (TPSA) is 77.8 Å². The molecule has 0 spiro atoms. The average Bonchev–Trinajstić information content (AvgIpc) is 3.05. The van der Waals surface area contributed by atoms with Gasteiger partial charge in [0.25, 0.3) is 0 Å². The predicted octanol–water partition coefficient (Wildman–Crippen LogP) is 3.76. The van der Waals surface area contributed by atoms with Crippen LogP contribution in [0.2, 0.25) is 0 Å². The van der Waals surface area contributed by atoms with Crippen LogP contribution in [0.15, 0.2) is 6.20 Å². The summed E-state index contributed by atoms with van der Waals surface area (Å²) in [7, 11) is 0. The number of aromatic nitrogens is 1. The summed E-state index contributed by atoms with van der Waals surface area (Å²) in [6.07, 6.45) is 13.9. The fraction of sp³-hybridized carbons (Fsp3) is 0.706. The lowest BCUT2D eigenvalue weighted by Crippen LogP contribution is -2.34. The first-order chi connectivity index (χ1) is 11.3. The molecule has 0 atom stereocenters. The van der Waals surface area contributed by atoms with Crippen molar-refractivity contribution in [2.75, 3.05) is 5.32 Å². The molecule has 5 nitrogen and oxygen atoms in total. The second kappa shape index (κ2) is 7.78. The van der Waals surface area contributed by atoms with Gasteiger partial charge < -0.3 is 10.6 Å². The predicted molar refractivity (Wildman–Crippen MR) is 91.1 cm³/mol. The van der Waals surface area contributed by atoms with Crippen LogP contribution in [0.5, 0.6) is 0 Å². The number of carbonyl (C=O) groups excluding carboxylic acids is 1. The summed E-state index contributed by atoms with van der Waals surface area (Å²) < 4.78 is 0. The van der Waals surface area contributed by atoms with Gasteiger partial charge in [0.15, 0.2) is 11.3 Å². The van der Waals surface area contributed by atoms with Gasteiger partial charge in [0.05, 0.1) is 0 Å². The minimum absolute atomic E-state index is 0.0498. The summed E-state index contributed by atoms with van der Waals surface area (Å²) in [5.74, 6) is 0.776. The Balaban J connectivity index is 1.50. The minimum Gasteiger partial charge on any atom is -0.321 e. The molecule has 23 heavy (non-hydrogen) atoms. The van der Waals surface area contributed by atoms with E-state index in [0.29, 0.717) is 5.92 Å². The average molecular weight is 332 g/mol. The van der Waals surface area contributed by atoms with Crippen molar-refractivity contribution in [1.82, 2.24) is 10.3 Å². The number of nitriles is 1. The van der Waals surface area contributed by atoms with E-state index in [0.717, 1.165) is 30.8 Å². The number of amides is 1. The van der Waals surface area contributed by atoms with Crippen molar-refractivity contribution in [2.24, 2.45) is 5.92 Å². The molecule has 2 saturated carbocycles. The Hall–Kier alpha value is -1.61. The van der Waals surface area contributed by atoms with Crippen molar-refractivity contribution in [3.05, 3.63) is 11.1 Å². The van der Waals surface area contributed by atoms with Crippen molar-refractivity contribution < 1.29 is 4.79 Å². The monoisotopic (exact) mass is 332 g/mol. The fourth-order valence-corrected chi connectivity index (χ4v) is 4.71. The zero-order valence-corrected chi connectivity index (χ0v) is 14.2. The maximum atomic E-state index is 12.4. The number of nitrogens with zero attached hydrogens (tertiary/aromatic N) is 2. The SMILES string of the molecule is N#CN[C@H]1CC[C@@H](C(=O)Nc2ncc(C3CCCCC3)s2)CC1. The highest BCUT2D eigenvalue weighted by atomic mass is 32.1. The molecule has 0 radical (unpaired) electrons. The molecule has 0 aromatic carbocycles. The summed E-state index contributed by atoms with van der Waals surface area (Å²) in [6, 6.07) is 0.238. The van der Waals surface area contributed by atoms with Crippen LogP contribution in [0.25, 0.3) is 0 Å². The Bertz CT molecular complexity index is 565. The molecule has 1 amide bonds. The number of anilines is 1. The number of thiazole rings is 1. The van der Waals surface area contributed by atoms with Crippen molar-refractivity contribution in [3.63, 3.8) is 0 Å². The van der Waals surface area contributed by atoms with E-state index < -0.39 is 0 Å². The molecule has 2 aliphatic carbocycles. The van der Waals surface area contributed by atoms with Crippen LogP contribution in [0.4, 0.5) is 5.13 Å². The zero-order valence-electron chi connectivity index (χ0n) is 13.4. The number of hydrogen-bond acceptors (Lipinski definition) is 5. The lowest BCUT2D eigenvalue weighted by Gasteiger charge is -2.26. The maximum Gasteiger partial charge on any atom is 0.229 e. The van der Waals surface area contributed by atoms with Crippen LogP contribution < -0.4 is 10.6 Å². The maximum absolute atomic E-state index is 12.4. The summed E-state index contributed by atoms with van der Waals surface area (Å²) in [4.78, 5) is 18.1. The third-order valence-corrected chi connectivity index (χ3v) is 6.20. The van der Waals surface area contributed by atoms with E-state index in [4.69, 9.17) is 5.26 Å². The summed E-state index contributed by atoms with van der Waals surface area (Å²) in [5, 5.41) is 15.2. The smallest absolute Gasteiger partial charge is 0.229 e. The molecule has 1 heterocycles. The van der Waals surface area contributed by atoms with Crippen LogP contribution >= 0.6 is 11.3 Å². The quantitative estimate of drug-likeness (QED) is 0.650. The van der Waals surface area contributed by atoms with Gasteiger partial charge in [-0.1, -0.05) is 19.3 Å². The third kappa shape index (κ3) is 4.23. The number of nitrogens with one attached hydrogen (secondary N) is 2. The first-order valence-corrected chi connectivity index (χ1v) is 9.49. The molecule has 2 aliphatic rings. The zero-order chi connectivity index (χ0) is 16.1. The van der Waals surface area contributed by atoms with E-state index in [2.05, 4.69) is 15.6 Å². The molecule has 2 fully saturated rings. The molecule has 1 aromatic heterocycles. The molecule has 2 N–H and O–H groups in total. The van der Waals surface area contributed by atoms with Crippen molar-refractivity contribution >= 4 is 22.4 Å². The van der Waals surface area contributed by atoms with Gasteiger partial charge in [-0.25, -0.2) is 4.98 Å². The molecule has 1 aromatic rings. The highest BCUT2D eigenvalue weighted by molar-refractivity contribution is 7.15. The Morgan fingerprint density at radius 3 is 2.61 bits per heavy atom. The van der Waals surface area contributed by atoms with Crippen LogP contribution in [-0.4, -0.2) is 16.9 Å². The first kappa shape index (κ1) is 16.3. The molecule has 0 aliphatic heterocycles. The number of carbonyl (C=O) groups is 1. The Morgan fingerprint density at radius 2 is 1.91 bits per heavy atom. The van der Waals surface area contributed by atoms with Gasteiger partial charge in [-0.2, -0.15) is 5.26 Å². The molecule has 6 heteroatoms. The Morgan fingerprint density at radius 1 is 1.17 bits per heavy atom. The third-order valence-electron chi connectivity index (χ3n) is 5.13. The van der Waals surface area contributed by atoms with Gasteiger partial charge in [0.1, 0.15) is 0 Å². The van der Waals surface area contributed by atoms with Crippen molar-refractivity contribution in [1.29, 1.82) is 5.26 Å². The second-order valence-electron chi connectivity index (χ2n) is 6.70. The van der Waals surface area contributed by atoms with Gasteiger partial charge in [-0.05, 0) is 44.4 Å². The van der Waals surface area contributed by atoms with Crippen LogP contribution in [0.3, 0.4) is 0 Å². The largest absolute Gasteiger partial charge is 0.321 e. The number of hydrogen-bond donors (Lipinski definition) is 2. The second-order valence-corrected chi connectivity index (χ2v) is 7.76. The van der Waals surface area contributed by atoms with Gasteiger partial charge >= 0.3 is 0 Å². The first-order valence-electron chi connectivity index (χ1n) is 8.67. The van der Waals surface area contributed by atoms with Crippen molar-refractivity contribution in [2.45, 2.75) is 69.7 Å². The van der Waals surface area contributed by atoms with Crippen LogP contribution in [0, 0.1) is 17.4 Å². The van der Waals surface area contributed by atoms with E-state index in [1.807, 2.05) is 12.4 Å². The molecule has 0 unspecified atom stereocenters. The van der Waals surface area contributed by atoms with E-state index in [9.17, 15) is 4.79 Å². The van der Waals surface area contributed by atoms with E-state index >= 15 is 0 Å². The van der Waals surface area contributed by atoms with Crippen LogP contribution in [-0.2, 0) is 4.79 Å². The van der Waals surface area contributed by atoms with Gasteiger partial charge in [-0.3, -0.25) is 4.79 Å². The molecule has 124 valence electrons. The summed E-state index contributed by atoms with van der Waals surface area (Å²) in [5.41, 5.74) is 0. The number of rotatable bonds is 4. The summed E-state index contributed by atoms with van der Waals surface area (Å²) >= 11 is 1.64. The van der Waals surface area contributed by atoms with E-state index in [1.165, 1.54) is 37.0 Å². The van der Waals surface area contributed by atoms with E-state index in [1.54, 1.807) is 11.3 Å². The molecular formula is C17H24N4OS. The molecule has 0 saturated heterocycles. The van der Waals surface area contributed by atoms with Crippen molar-refractivity contribution in [3.8, 4) is 6.19 Å². The highest BCUT2D eigenvalue weighted by Gasteiger charge is 2.27. The highest BCUT2D eigenvalue weighted by Crippen LogP contribution is 2.37. The minimum atomic E-state index is 0.0498. The normalized spacial score (nSPS) is 25.5. The van der Waals surface area contributed by atoms with Gasteiger partial charge in [-0.15, -0.1) is 11.3 Å². The Kier molecular flexibility index (Phi) is 5.50. The Labute approximate surface area is 141 Å². The van der Waals surface area contributed by atoms with E-state index in [-0.39, 0.29) is 17.9 Å². The standard InChI is InChI=1S/C17H24N4OS/c18-11-20-14-8-6-13(7-9-14)16(22)21-17-19-10-15(23-17)12-4-2-1-3-5-12/h10,12-14,20H,1-9H2,(H,19,21,22)/t13-,14+. The fourth-order valence-electron chi connectivity index (χ4n) is 3.72. The van der Waals surface area contributed by atoms with Gasteiger partial charge in [0.2, 0.25) is 5.91 Å². The molecule has 3 rings (SSSR count). The lowest BCUT2D eigenvalue weighted by molar-refractivity contribution is -0.120. The van der Waals surface area contributed by atoms with Crippen LogP contribution in [0.1, 0.15) is 68.6 Å².